The first-order chi connectivity index (χ1) is 10.9. The largest absolute Gasteiger partial charge is 0.357 e. The number of carbonyl (C=O) groups excluding carboxylic acids is 1. The van der Waals surface area contributed by atoms with Crippen molar-refractivity contribution in [3.8, 4) is 0 Å². The van der Waals surface area contributed by atoms with E-state index in [1.54, 1.807) is 0 Å². The number of carbonyl (C=O) groups is 1. The summed E-state index contributed by atoms with van der Waals surface area (Å²) < 4.78 is 0. The minimum absolute atomic E-state index is 0.0292. The second-order valence-electron chi connectivity index (χ2n) is 7.21. The summed E-state index contributed by atoms with van der Waals surface area (Å²) in [4.78, 5) is 16.1. The lowest BCUT2D eigenvalue weighted by molar-refractivity contribution is -0.123. The highest BCUT2D eigenvalue weighted by atomic mass is 16.1. The third-order valence-corrected chi connectivity index (χ3v) is 4.61. The Morgan fingerprint density at radius 1 is 1.09 bits per heavy atom. The molecule has 0 aromatic carbocycles. The van der Waals surface area contributed by atoms with Crippen molar-refractivity contribution in [2.24, 2.45) is 22.7 Å². The average Bonchev–Trinajstić information content (AvgIpc) is 2.51. The Morgan fingerprint density at radius 3 is 2.26 bits per heavy atom. The molecule has 3 N–H and O–H groups in total. The number of guanidine groups is 1. The number of hydrogen-bond acceptors (Lipinski definition) is 2. The van der Waals surface area contributed by atoms with Crippen molar-refractivity contribution in [2.75, 3.05) is 19.6 Å². The van der Waals surface area contributed by atoms with Crippen LogP contribution in [-0.2, 0) is 4.79 Å². The topological polar surface area (TPSA) is 65.5 Å². The summed E-state index contributed by atoms with van der Waals surface area (Å²) in [5.74, 6) is 2.66. The van der Waals surface area contributed by atoms with Gasteiger partial charge in [-0.05, 0) is 44.4 Å². The van der Waals surface area contributed by atoms with Crippen LogP contribution in [0.15, 0.2) is 4.99 Å². The van der Waals surface area contributed by atoms with Gasteiger partial charge in [-0.3, -0.25) is 9.79 Å². The lowest BCUT2D eigenvalue weighted by Crippen LogP contribution is -2.45. The molecule has 0 bridgehead atoms. The summed E-state index contributed by atoms with van der Waals surface area (Å²) in [7, 11) is 0. The molecular formula is C18H36N4O. The predicted octanol–water partition coefficient (Wildman–Crippen LogP) is 2.53. The molecule has 0 atom stereocenters. The number of rotatable bonds is 7. The van der Waals surface area contributed by atoms with E-state index < -0.39 is 0 Å². The quantitative estimate of drug-likeness (QED) is 0.383. The van der Waals surface area contributed by atoms with Crippen molar-refractivity contribution < 1.29 is 4.79 Å². The summed E-state index contributed by atoms with van der Waals surface area (Å²) in [6.45, 7) is 12.6. The molecule has 1 aliphatic carbocycles. The standard InChI is InChI=1S/C18H36N4O/c1-6-19-18(21-12-11-20-17(23)14(4)5)22-16-9-7-15(8-10-16)13(2)3/h13-16H,6-12H2,1-5H3,(H,20,23)(H2,19,21,22). The lowest BCUT2D eigenvalue weighted by Gasteiger charge is -2.32. The van der Waals surface area contributed by atoms with Crippen molar-refractivity contribution in [2.45, 2.75) is 66.3 Å². The van der Waals surface area contributed by atoms with E-state index in [0.717, 1.165) is 24.3 Å². The van der Waals surface area contributed by atoms with E-state index in [4.69, 9.17) is 0 Å². The highest BCUT2D eigenvalue weighted by Gasteiger charge is 2.23. The zero-order valence-corrected chi connectivity index (χ0v) is 15.6. The molecule has 0 radical (unpaired) electrons. The van der Waals surface area contributed by atoms with Crippen LogP contribution in [0.1, 0.15) is 60.3 Å². The zero-order valence-electron chi connectivity index (χ0n) is 15.6. The minimum atomic E-state index is 0.0292. The van der Waals surface area contributed by atoms with Gasteiger partial charge in [0.1, 0.15) is 0 Å². The van der Waals surface area contributed by atoms with E-state index in [9.17, 15) is 4.79 Å². The molecule has 1 aliphatic rings. The first-order valence-corrected chi connectivity index (χ1v) is 9.26. The molecule has 0 aliphatic heterocycles. The van der Waals surface area contributed by atoms with Crippen LogP contribution in [0.3, 0.4) is 0 Å². The van der Waals surface area contributed by atoms with Gasteiger partial charge in [0.05, 0.1) is 6.54 Å². The van der Waals surface area contributed by atoms with Crippen LogP contribution in [0.25, 0.3) is 0 Å². The van der Waals surface area contributed by atoms with Crippen LogP contribution in [0.5, 0.6) is 0 Å². The van der Waals surface area contributed by atoms with E-state index in [0.29, 0.717) is 19.1 Å². The van der Waals surface area contributed by atoms with E-state index in [1.165, 1.54) is 25.7 Å². The van der Waals surface area contributed by atoms with Gasteiger partial charge in [0.25, 0.3) is 0 Å². The van der Waals surface area contributed by atoms with Gasteiger partial charge >= 0.3 is 0 Å². The first-order valence-electron chi connectivity index (χ1n) is 9.26. The number of nitrogens with one attached hydrogen (secondary N) is 3. The van der Waals surface area contributed by atoms with Gasteiger partial charge < -0.3 is 16.0 Å². The molecule has 0 aromatic rings. The van der Waals surface area contributed by atoms with E-state index in [-0.39, 0.29) is 11.8 Å². The van der Waals surface area contributed by atoms with Crippen LogP contribution >= 0.6 is 0 Å². The van der Waals surface area contributed by atoms with E-state index >= 15 is 0 Å². The molecule has 1 rings (SSSR count). The summed E-state index contributed by atoms with van der Waals surface area (Å²) in [6.07, 6.45) is 5.05. The SMILES string of the molecule is CCNC(=NCCNC(=O)C(C)C)NC1CCC(C(C)C)CC1. The molecule has 0 unspecified atom stereocenters. The number of aliphatic imine (C=N–C) groups is 1. The average molecular weight is 325 g/mol. The van der Waals surface area contributed by atoms with E-state index in [2.05, 4.69) is 41.7 Å². The molecule has 1 fully saturated rings. The van der Waals surface area contributed by atoms with Gasteiger partial charge in [-0.15, -0.1) is 0 Å². The second kappa shape index (κ2) is 10.5. The zero-order chi connectivity index (χ0) is 17.2. The Morgan fingerprint density at radius 2 is 1.74 bits per heavy atom. The maximum atomic E-state index is 11.5. The van der Waals surface area contributed by atoms with Crippen LogP contribution in [0, 0.1) is 17.8 Å². The number of amides is 1. The Kier molecular flexibility index (Phi) is 9.03. The number of hydrogen-bond donors (Lipinski definition) is 3. The normalized spacial score (nSPS) is 22.3. The van der Waals surface area contributed by atoms with Crippen molar-refractivity contribution in [1.29, 1.82) is 0 Å². The fraction of sp³-hybridized carbons (Fsp3) is 0.889. The molecule has 134 valence electrons. The minimum Gasteiger partial charge on any atom is -0.357 e. The van der Waals surface area contributed by atoms with Crippen LogP contribution in [0.2, 0.25) is 0 Å². The fourth-order valence-corrected chi connectivity index (χ4v) is 2.99. The van der Waals surface area contributed by atoms with Gasteiger partial charge in [0.15, 0.2) is 5.96 Å². The van der Waals surface area contributed by atoms with Crippen molar-refractivity contribution >= 4 is 11.9 Å². The van der Waals surface area contributed by atoms with Crippen LogP contribution in [-0.4, -0.2) is 37.5 Å². The van der Waals surface area contributed by atoms with Gasteiger partial charge in [-0.2, -0.15) is 0 Å². The molecule has 5 heteroatoms. The lowest BCUT2D eigenvalue weighted by atomic mass is 9.80. The van der Waals surface area contributed by atoms with Crippen molar-refractivity contribution in [3.05, 3.63) is 0 Å². The fourth-order valence-electron chi connectivity index (χ4n) is 2.99. The predicted molar refractivity (Wildman–Crippen MR) is 97.5 cm³/mol. The summed E-state index contributed by atoms with van der Waals surface area (Å²) in [6, 6.07) is 0.521. The molecule has 0 aromatic heterocycles. The summed E-state index contributed by atoms with van der Waals surface area (Å²) >= 11 is 0. The van der Waals surface area contributed by atoms with E-state index in [1.807, 2.05) is 13.8 Å². The molecular weight excluding hydrogens is 288 g/mol. The third kappa shape index (κ3) is 7.71. The second-order valence-corrected chi connectivity index (χ2v) is 7.21. The highest BCUT2D eigenvalue weighted by Crippen LogP contribution is 2.29. The number of nitrogens with zero attached hydrogens (tertiary/aromatic N) is 1. The monoisotopic (exact) mass is 324 g/mol. The first kappa shape index (κ1) is 19.8. The Hall–Kier alpha value is -1.26. The molecule has 23 heavy (non-hydrogen) atoms. The Bertz CT molecular complexity index is 371. The third-order valence-electron chi connectivity index (χ3n) is 4.61. The maximum absolute atomic E-state index is 11.5. The van der Waals surface area contributed by atoms with Crippen LogP contribution in [0.4, 0.5) is 0 Å². The molecule has 0 saturated heterocycles. The van der Waals surface area contributed by atoms with Gasteiger partial charge in [0, 0.05) is 25.0 Å². The van der Waals surface area contributed by atoms with Crippen molar-refractivity contribution in [3.63, 3.8) is 0 Å². The highest BCUT2D eigenvalue weighted by molar-refractivity contribution is 5.80. The summed E-state index contributed by atoms with van der Waals surface area (Å²) in [5, 5.41) is 9.75. The molecule has 5 nitrogen and oxygen atoms in total. The van der Waals surface area contributed by atoms with Crippen LogP contribution < -0.4 is 16.0 Å². The Balaban J connectivity index is 2.36. The van der Waals surface area contributed by atoms with Gasteiger partial charge in [0.2, 0.25) is 5.91 Å². The molecule has 1 amide bonds. The Labute approximate surface area is 142 Å². The molecule has 1 saturated carbocycles. The summed E-state index contributed by atoms with van der Waals surface area (Å²) in [5.41, 5.74) is 0. The van der Waals surface area contributed by atoms with Gasteiger partial charge in [-0.1, -0.05) is 27.7 Å². The molecule has 0 heterocycles. The van der Waals surface area contributed by atoms with Gasteiger partial charge in [-0.25, -0.2) is 0 Å². The molecule has 0 spiro atoms. The van der Waals surface area contributed by atoms with Crippen molar-refractivity contribution in [1.82, 2.24) is 16.0 Å². The smallest absolute Gasteiger partial charge is 0.222 e. The maximum Gasteiger partial charge on any atom is 0.222 e.